The molecule has 1 aromatic rings. The van der Waals surface area contributed by atoms with Gasteiger partial charge >= 0.3 is 0 Å². The minimum absolute atomic E-state index is 0.00752. The highest BCUT2D eigenvalue weighted by Gasteiger charge is 2.17. The zero-order valence-electron chi connectivity index (χ0n) is 15.1. The lowest BCUT2D eigenvalue weighted by molar-refractivity contribution is -0.136. The molecule has 1 aromatic heterocycles. The van der Waals surface area contributed by atoms with Gasteiger partial charge in [-0.3, -0.25) is 19.2 Å². The molecule has 0 aliphatic rings. The van der Waals surface area contributed by atoms with Crippen molar-refractivity contribution in [1.82, 2.24) is 10.2 Å². The van der Waals surface area contributed by atoms with Crippen LogP contribution in [0, 0.1) is 6.92 Å². The molecule has 0 unspecified atom stereocenters. The number of amides is 2. The van der Waals surface area contributed by atoms with Crippen LogP contribution in [0.15, 0.2) is 12.1 Å². The van der Waals surface area contributed by atoms with Crippen LogP contribution in [0.3, 0.4) is 0 Å². The Labute approximate surface area is 152 Å². The Morgan fingerprint density at radius 2 is 1.72 bits per heavy atom. The van der Waals surface area contributed by atoms with Gasteiger partial charge in [0.2, 0.25) is 11.8 Å². The molecule has 1 heterocycles. The Morgan fingerprint density at radius 1 is 1.04 bits per heavy atom. The second-order valence-electron chi connectivity index (χ2n) is 5.73. The van der Waals surface area contributed by atoms with Crippen LogP contribution >= 0.6 is 11.3 Å². The van der Waals surface area contributed by atoms with Crippen LogP contribution in [-0.2, 0) is 14.4 Å². The Hall–Kier alpha value is -2.02. The SMILES string of the molecule is CCNC(=O)CN(CC)C(=O)CCC(=O)CCC(=O)c1ccc(C)s1. The summed E-state index contributed by atoms with van der Waals surface area (Å²) in [6.07, 6.45) is 0.481. The molecule has 6 nitrogen and oxygen atoms in total. The molecule has 0 bridgehead atoms. The molecular formula is C18H26N2O4S. The van der Waals surface area contributed by atoms with Crippen LogP contribution in [0.5, 0.6) is 0 Å². The van der Waals surface area contributed by atoms with Crippen molar-refractivity contribution in [3.63, 3.8) is 0 Å². The van der Waals surface area contributed by atoms with Crippen molar-refractivity contribution in [1.29, 1.82) is 0 Å². The predicted octanol–water partition coefficient (Wildman–Crippen LogP) is 2.35. The maximum absolute atomic E-state index is 12.1. The van der Waals surface area contributed by atoms with Crippen LogP contribution in [0.1, 0.15) is 54.1 Å². The van der Waals surface area contributed by atoms with E-state index in [-0.39, 0.29) is 55.6 Å². The lowest BCUT2D eigenvalue weighted by Crippen LogP contribution is -2.40. The van der Waals surface area contributed by atoms with Gasteiger partial charge in [-0.15, -0.1) is 11.3 Å². The molecule has 0 aliphatic carbocycles. The zero-order valence-corrected chi connectivity index (χ0v) is 15.9. The summed E-state index contributed by atoms with van der Waals surface area (Å²) in [6.45, 7) is 6.47. The smallest absolute Gasteiger partial charge is 0.239 e. The maximum Gasteiger partial charge on any atom is 0.239 e. The molecule has 7 heteroatoms. The molecule has 0 atom stereocenters. The standard InChI is InChI=1S/C18H26N2O4S/c1-4-19-17(23)12-20(5-2)18(24)11-8-14(21)7-9-15(22)16-10-6-13(3)25-16/h6,10H,4-5,7-9,11-12H2,1-3H3,(H,19,23). The van der Waals surface area contributed by atoms with Crippen molar-refractivity contribution in [3.8, 4) is 0 Å². The van der Waals surface area contributed by atoms with Crippen molar-refractivity contribution < 1.29 is 19.2 Å². The zero-order chi connectivity index (χ0) is 18.8. The second kappa shape index (κ2) is 10.8. The Morgan fingerprint density at radius 3 is 2.28 bits per heavy atom. The summed E-state index contributed by atoms with van der Waals surface area (Å²) >= 11 is 1.42. The van der Waals surface area contributed by atoms with Gasteiger partial charge in [-0.25, -0.2) is 0 Å². The Bertz CT molecular complexity index is 624. The number of ketones is 2. The number of nitrogens with one attached hydrogen (secondary N) is 1. The molecule has 0 saturated heterocycles. The first-order valence-corrected chi connectivity index (χ1v) is 9.34. The van der Waals surface area contributed by atoms with Crippen molar-refractivity contribution >= 4 is 34.7 Å². The van der Waals surface area contributed by atoms with Gasteiger partial charge in [-0.2, -0.15) is 0 Å². The third-order valence-corrected chi connectivity index (χ3v) is 4.75. The van der Waals surface area contributed by atoms with E-state index >= 15 is 0 Å². The third kappa shape index (κ3) is 7.60. The average molecular weight is 366 g/mol. The van der Waals surface area contributed by atoms with Crippen LogP contribution in [0.4, 0.5) is 0 Å². The number of rotatable bonds is 11. The van der Waals surface area contributed by atoms with E-state index in [0.29, 0.717) is 18.0 Å². The second-order valence-corrected chi connectivity index (χ2v) is 7.02. The highest BCUT2D eigenvalue weighted by atomic mass is 32.1. The summed E-state index contributed by atoms with van der Waals surface area (Å²) < 4.78 is 0. The van der Waals surface area contributed by atoms with E-state index in [1.807, 2.05) is 19.9 Å². The van der Waals surface area contributed by atoms with Gasteiger partial charge in [0.05, 0.1) is 11.4 Å². The van der Waals surface area contributed by atoms with E-state index < -0.39 is 0 Å². The summed E-state index contributed by atoms with van der Waals surface area (Å²) in [6, 6.07) is 3.66. The molecule has 25 heavy (non-hydrogen) atoms. The molecule has 0 saturated carbocycles. The Balaban J connectivity index is 2.35. The fraction of sp³-hybridized carbons (Fsp3) is 0.556. The molecule has 0 fully saturated rings. The third-order valence-electron chi connectivity index (χ3n) is 3.71. The minimum atomic E-state index is -0.220. The largest absolute Gasteiger partial charge is 0.355 e. The number of carbonyl (C=O) groups is 4. The quantitative estimate of drug-likeness (QED) is 0.609. The van der Waals surface area contributed by atoms with Crippen LogP contribution in [-0.4, -0.2) is 47.9 Å². The molecule has 0 aromatic carbocycles. The molecular weight excluding hydrogens is 340 g/mol. The van der Waals surface area contributed by atoms with E-state index in [1.165, 1.54) is 16.2 Å². The first-order chi connectivity index (χ1) is 11.9. The van der Waals surface area contributed by atoms with Gasteiger partial charge in [0.1, 0.15) is 5.78 Å². The van der Waals surface area contributed by atoms with Crippen molar-refractivity contribution in [2.75, 3.05) is 19.6 Å². The minimum Gasteiger partial charge on any atom is -0.355 e. The highest BCUT2D eigenvalue weighted by Crippen LogP contribution is 2.17. The number of carbonyl (C=O) groups excluding carboxylic acids is 4. The van der Waals surface area contributed by atoms with Crippen LogP contribution in [0.2, 0.25) is 0 Å². The molecule has 138 valence electrons. The number of likely N-dealkylation sites (N-methyl/N-ethyl adjacent to an activating group) is 2. The number of aryl methyl sites for hydroxylation is 1. The van der Waals surface area contributed by atoms with Crippen molar-refractivity contribution in [2.45, 2.75) is 46.5 Å². The number of nitrogens with zero attached hydrogens (tertiary/aromatic N) is 1. The van der Waals surface area contributed by atoms with Crippen LogP contribution in [0.25, 0.3) is 0 Å². The topological polar surface area (TPSA) is 83.6 Å². The molecule has 1 N–H and O–H groups in total. The highest BCUT2D eigenvalue weighted by molar-refractivity contribution is 7.14. The average Bonchev–Trinajstić information content (AvgIpc) is 3.02. The molecule has 0 spiro atoms. The number of hydrogen-bond acceptors (Lipinski definition) is 5. The van der Waals surface area contributed by atoms with E-state index in [1.54, 1.807) is 13.0 Å². The lowest BCUT2D eigenvalue weighted by Gasteiger charge is -2.20. The van der Waals surface area contributed by atoms with E-state index in [0.717, 1.165) is 4.88 Å². The summed E-state index contributed by atoms with van der Waals surface area (Å²) in [5.41, 5.74) is 0. The molecule has 1 rings (SSSR count). The monoisotopic (exact) mass is 366 g/mol. The summed E-state index contributed by atoms with van der Waals surface area (Å²) in [5, 5.41) is 2.64. The van der Waals surface area contributed by atoms with Gasteiger partial charge in [-0.1, -0.05) is 0 Å². The first-order valence-electron chi connectivity index (χ1n) is 8.53. The van der Waals surface area contributed by atoms with Gasteiger partial charge in [0.15, 0.2) is 5.78 Å². The van der Waals surface area contributed by atoms with Gasteiger partial charge in [0, 0.05) is 43.6 Å². The fourth-order valence-corrected chi connectivity index (χ4v) is 3.13. The van der Waals surface area contributed by atoms with Gasteiger partial charge in [-0.05, 0) is 32.9 Å². The number of thiophene rings is 1. The van der Waals surface area contributed by atoms with Crippen molar-refractivity contribution in [2.24, 2.45) is 0 Å². The van der Waals surface area contributed by atoms with Crippen LogP contribution < -0.4 is 5.32 Å². The summed E-state index contributed by atoms with van der Waals surface area (Å²) in [5.74, 6) is -0.573. The molecule has 0 radical (unpaired) electrons. The maximum atomic E-state index is 12.1. The van der Waals surface area contributed by atoms with E-state index in [9.17, 15) is 19.2 Å². The van der Waals surface area contributed by atoms with E-state index in [2.05, 4.69) is 5.32 Å². The molecule has 0 aliphatic heterocycles. The molecule has 2 amide bonds. The van der Waals surface area contributed by atoms with Crippen molar-refractivity contribution in [3.05, 3.63) is 21.9 Å². The van der Waals surface area contributed by atoms with Gasteiger partial charge < -0.3 is 10.2 Å². The number of hydrogen-bond donors (Lipinski definition) is 1. The predicted molar refractivity (Wildman–Crippen MR) is 97.8 cm³/mol. The summed E-state index contributed by atoms with van der Waals surface area (Å²) in [4.78, 5) is 50.7. The number of Topliss-reactive ketones (excluding diaryl/α,β-unsaturated/α-hetero) is 2. The van der Waals surface area contributed by atoms with Gasteiger partial charge in [0.25, 0.3) is 0 Å². The van der Waals surface area contributed by atoms with E-state index in [4.69, 9.17) is 0 Å². The lowest BCUT2D eigenvalue weighted by atomic mass is 10.1. The fourth-order valence-electron chi connectivity index (χ4n) is 2.29. The Kier molecular flexibility index (Phi) is 9.05. The normalized spacial score (nSPS) is 10.4. The first kappa shape index (κ1) is 21.0. The summed E-state index contributed by atoms with van der Waals surface area (Å²) in [7, 11) is 0.